The first-order valence-electron chi connectivity index (χ1n) is 5.26. The fraction of sp³-hybridized carbons (Fsp3) is 0.0769. The fourth-order valence-electron chi connectivity index (χ4n) is 1.64. The van der Waals surface area contributed by atoms with E-state index in [1.807, 2.05) is 0 Å². The number of nitrogens with zero attached hydrogens (tertiary/aromatic N) is 1. The first kappa shape index (κ1) is 13.1. The molecule has 0 unspecified atom stereocenters. The van der Waals surface area contributed by atoms with Gasteiger partial charge in [-0.1, -0.05) is 24.3 Å². The Labute approximate surface area is 106 Å². The SMILES string of the molecule is O=Cc1ncccc1-c1ccccc1OC(F)(F)F. The number of ether oxygens (including phenoxy) is 1. The summed E-state index contributed by atoms with van der Waals surface area (Å²) in [5.41, 5.74) is 0.507. The molecule has 1 aromatic heterocycles. The molecular weight excluding hydrogens is 259 g/mol. The smallest absolute Gasteiger partial charge is 0.405 e. The van der Waals surface area contributed by atoms with Crippen molar-refractivity contribution in [3.63, 3.8) is 0 Å². The molecule has 0 atom stereocenters. The van der Waals surface area contributed by atoms with Gasteiger partial charge < -0.3 is 4.74 Å². The van der Waals surface area contributed by atoms with Crippen molar-refractivity contribution in [1.29, 1.82) is 0 Å². The van der Waals surface area contributed by atoms with E-state index in [-0.39, 0.29) is 22.6 Å². The van der Waals surface area contributed by atoms with Gasteiger partial charge in [0.1, 0.15) is 11.4 Å². The van der Waals surface area contributed by atoms with Crippen molar-refractivity contribution in [2.45, 2.75) is 6.36 Å². The third-order valence-corrected chi connectivity index (χ3v) is 2.35. The van der Waals surface area contributed by atoms with Crippen molar-refractivity contribution >= 4 is 6.29 Å². The van der Waals surface area contributed by atoms with Crippen LogP contribution in [-0.2, 0) is 0 Å². The minimum atomic E-state index is -4.79. The van der Waals surface area contributed by atoms with Crippen LogP contribution in [0.4, 0.5) is 13.2 Å². The standard InChI is InChI=1S/C13H8F3NO2/c14-13(15,16)19-12-6-2-1-4-10(12)9-5-3-7-17-11(9)8-18/h1-8H. The Bertz CT molecular complexity index is 596. The number of halogens is 3. The quantitative estimate of drug-likeness (QED) is 0.799. The predicted octanol–water partition coefficient (Wildman–Crippen LogP) is 3.46. The number of aromatic nitrogens is 1. The van der Waals surface area contributed by atoms with Gasteiger partial charge in [-0.3, -0.25) is 9.78 Å². The maximum atomic E-state index is 12.3. The van der Waals surface area contributed by atoms with Crippen LogP contribution in [0.1, 0.15) is 10.5 Å². The largest absolute Gasteiger partial charge is 0.573 e. The van der Waals surface area contributed by atoms with Crippen molar-refractivity contribution in [2.24, 2.45) is 0 Å². The fourth-order valence-corrected chi connectivity index (χ4v) is 1.64. The summed E-state index contributed by atoms with van der Waals surface area (Å²) in [4.78, 5) is 14.7. The topological polar surface area (TPSA) is 39.2 Å². The lowest BCUT2D eigenvalue weighted by atomic mass is 10.0. The summed E-state index contributed by atoms with van der Waals surface area (Å²) in [6.07, 6.45) is -2.92. The number of benzene rings is 1. The van der Waals surface area contributed by atoms with Crippen LogP contribution in [0.25, 0.3) is 11.1 Å². The minimum absolute atomic E-state index is 0.0562. The zero-order valence-electron chi connectivity index (χ0n) is 9.52. The van der Waals surface area contributed by atoms with Crippen LogP contribution >= 0.6 is 0 Å². The van der Waals surface area contributed by atoms with Crippen LogP contribution in [0.5, 0.6) is 5.75 Å². The number of alkyl halides is 3. The lowest BCUT2D eigenvalue weighted by Crippen LogP contribution is -2.17. The second-order valence-electron chi connectivity index (χ2n) is 3.60. The van der Waals surface area contributed by atoms with E-state index in [0.717, 1.165) is 0 Å². The van der Waals surface area contributed by atoms with E-state index in [0.29, 0.717) is 6.29 Å². The molecule has 0 aliphatic heterocycles. The van der Waals surface area contributed by atoms with Gasteiger partial charge in [-0.2, -0.15) is 0 Å². The molecule has 0 saturated carbocycles. The van der Waals surface area contributed by atoms with Gasteiger partial charge in [-0.15, -0.1) is 13.2 Å². The monoisotopic (exact) mass is 267 g/mol. The third-order valence-electron chi connectivity index (χ3n) is 2.35. The highest BCUT2D eigenvalue weighted by molar-refractivity contribution is 5.86. The summed E-state index contributed by atoms with van der Waals surface area (Å²) in [7, 11) is 0. The van der Waals surface area contributed by atoms with E-state index in [1.54, 1.807) is 6.07 Å². The van der Waals surface area contributed by atoms with Crippen molar-refractivity contribution < 1.29 is 22.7 Å². The molecule has 0 aliphatic rings. The Balaban J connectivity index is 2.53. The number of carbonyl (C=O) groups excluding carboxylic acids is 1. The normalized spacial score (nSPS) is 11.1. The maximum Gasteiger partial charge on any atom is 0.573 e. The Morgan fingerprint density at radius 2 is 1.74 bits per heavy atom. The summed E-state index contributed by atoms with van der Waals surface area (Å²) >= 11 is 0. The lowest BCUT2D eigenvalue weighted by Gasteiger charge is -2.13. The molecule has 0 saturated heterocycles. The van der Waals surface area contributed by atoms with Crippen molar-refractivity contribution in [3.8, 4) is 16.9 Å². The highest BCUT2D eigenvalue weighted by Gasteiger charge is 2.32. The Kier molecular flexibility index (Phi) is 3.50. The van der Waals surface area contributed by atoms with Crippen molar-refractivity contribution in [3.05, 3.63) is 48.3 Å². The van der Waals surface area contributed by atoms with E-state index in [4.69, 9.17) is 0 Å². The molecule has 0 fully saturated rings. The maximum absolute atomic E-state index is 12.3. The summed E-state index contributed by atoms with van der Waals surface area (Å²) in [6, 6.07) is 8.64. The number of hydrogen-bond donors (Lipinski definition) is 0. The molecule has 1 aromatic carbocycles. The number of rotatable bonds is 3. The summed E-state index contributed by atoms with van der Waals surface area (Å²) in [5.74, 6) is -0.369. The molecule has 1 heterocycles. The molecular formula is C13H8F3NO2. The average molecular weight is 267 g/mol. The Morgan fingerprint density at radius 3 is 2.42 bits per heavy atom. The second kappa shape index (κ2) is 5.09. The summed E-state index contributed by atoms with van der Waals surface area (Å²) in [5, 5.41) is 0. The van der Waals surface area contributed by atoms with E-state index >= 15 is 0 Å². The van der Waals surface area contributed by atoms with Crippen LogP contribution in [-0.4, -0.2) is 17.6 Å². The molecule has 6 heteroatoms. The van der Waals surface area contributed by atoms with Crippen LogP contribution in [0.15, 0.2) is 42.6 Å². The molecule has 2 rings (SSSR count). The molecule has 0 N–H and O–H groups in total. The van der Waals surface area contributed by atoms with Gasteiger partial charge in [0.25, 0.3) is 0 Å². The second-order valence-corrected chi connectivity index (χ2v) is 3.60. The van der Waals surface area contributed by atoms with Gasteiger partial charge in [-0.25, -0.2) is 0 Å². The molecule has 19 heavy (non-hydrogen) atoms. The number of carbonyl (C=O) groups is 1. The number of pyridine rings is 1. The van der Waals surface area contributed by atoms with Crippen LogP contribution in [0, 0.1) is 0 Å². The Morgan fingerprint density at radius 1 is 1.05 bits per heavy atom. The van der Waals surface area contributed by atoms with Gasteiger partial charge in [0.2, 0.25) is 0 Å². The summed E-state index contributed by atoms with van der Waals surface area (Å²) in [6.45, 7) is 0. The minimum Gasteiger partial charge on any atom is -0.405 e. The first-order valence-corrected chi connectivity index (χ1v) is 5.26. The van der Waals surface area contributed by atoms with Crippen LogP contribution in [0.2, 0.25) is 0 Å². The van der Waals surface area contributed by atoms with Crippen molar-refractivity contribution in [2.75, 3.05) is 0 Å². The summed E-state index contributed by atoms with van der Waals surface area (Å²) < 4.78 is 40.9. The number of aldehydes is 1. The van der Waals surface area contributed by atoms with E-state index in [2.05, 4.69) is 9.72 Å². The van der Waals surface area contributed by atoms with Crippen molar-refractivity contribution in [1.82, 2.24) is 4.98 Å². The predicted molar refractivity (Wildman–Crippen MR) is 61.7 cm³/mol. The molecule has 3 nitrogen and oxygen atoms in total. The zero-order valence-corrected chi connectivity index (χ0v) is 9.52. The van der Waals surface area contributed by atoms with E-state index in [1.165, 1.54) is 36.5 Å². The molecule has 0 spiro atoms. The van der Waals surface area contributed by atoms with Gasteiger partial charge in [-0.05, 0) is 12.1 Å². The molecule has 0 amide bonds. The van der Waals surface area contributed by atoms with Gasteiger partial charge in [0, 0.05) is 17.3 Å². The highest BCUT2D eigenvalue weighted by Crippen LogP contribution is 2.34. The molecule has 0 radical (unpaired) electrons. The number of para-hydroxylation sites is 1. The first-order chi connectivity index (χ1) is 9.01. The van der Waals surface area contributed by atoms with Gasteiger partial charge in [0.15, 0.2) is 6.29 Å². The number of hydrogen-bond acceptors (Lipinski definition) is 3. The molecule has 98 valence electrons. The zero-order chi connectivity index (χ0) is 13.9. The van der Waals surface area contributed by atoms with E-state index in [9.17, 15) is 18.0 Å². The van der Waals surface area contributed by atoms with Gasteiger partial charge in [0.05, 0.1) is 0 Å². The Hall–Kier alpha value is -2.37. The molecule has 0 bridgehead atoms. The van der Waals surface area contributed by atoms with Crippen LogP contribution in [0.3, 0.4) is 0 Å². The average Bonchev–Trinajstić information content (AvgIpc) is 2.37. The van der Waals surface area contributed by atoms with Crippen LogP contribution < -0.4 is 4.74 Å². The van der Waals surface area contributed by atoms with E-state index < -0.39 is 6.36 Å². The lowest BCUT2D eigenvalue weighted by molar-refractivity contribution is -0.274. The third kappa shape index (κ3) is 3.09. The molecule has 0 aliphatic carbocycles. The molecule has 2 aromatic rings. The highest BCUT2D eigenvalue weighted by atomic mass is 19.4. The van der Waals surface area contributed by atoms with Gasteiger partial charge >= 0.3 is 6.36 Å².